The molecule has 4 nitrogen and oxygen atoms in total. The summed E-state index contributed by atoms with van der Waals surface area (Å²) in [4.78, 5) is 10.6. The fraction of sp³-hybridized carbons (Fsp3) is 0.133. The van der Waals surface area contributed by atoms with Crippen molar-refractivity contribution >= 4 is 5.97 Å². The number of carboxylic acid groups (broad SMARTS) is 1. The van der Waals surface area contributed by atoms with Gasteiger partial charge in [0.05, 0.1) is 5.97 Å². The smallest absolute Gasteiger partial charge is 0.545 e. The summed E-state index contributed by atoms with van der Waals surface area (Å²) in [6, 6.07) is 18.2. The maximum Gasteiger partial charge on any atom is 1.00 e. The maximum atomic E-state index is 10.6. The monoisotopic (exact) mass is 280 g/mol. The Kier molecular flexibility index (Phi) is 6.91. The Morgan fingerprint density at radius 1 is 0.950 bits per heavy atom. The fourth-order valence-electron chi connectivity index (χ4n) is 1.79. The van der Waals surface area contributed by atoms with Crippen LogP contribution >= 0.6 is 0 Å². The molecule has 2 aromatic rings. The van der Waals surface area contributed by atoms with Gasteiger partial charge in [0, 0.05) is 0 Å². The molecule has 1 atom stereocenters. The van der Waals surface area contributed by atoms with Crippen molar-refractivity contribution in [1.29, 1.82) is 0 Å². The summed E-state index contributed by atoms with van der Waals surface area (Å²) < 4.78 is 5.18. The van der Waals surface area contributed by atoms with E-state index in [1.165, 1.54) is 0 Å². The van der Waals surface area contributed by atoms with Gasteiger partial charge in [-0.2, -0.15) is 0 Å². The van der Waals surface area contributed by atoms with Crippen molar-refractivity contribution in [3.8, 4) is 0 Å². The van der Waals surface area contributed by atoms with E-state index in [0.717, 1.165) is 11.1 Å². The minimum atomic E-state index is -1.97. The molecule has 2 rings (SSSR count). The van der Waals surface area contributed by atoms with Crippen molar-refractivity contribution in [3.63, 3.8) is 0 Å². The van der Waals surface area contributed by atoms with E-state index in [2.05, 4.69) is 0 Å². The third-order valence-corrected chi connectivity index (χ3v) is 2.67. The van der Waals surface area contributed by atoms with Gasteiger partial charge in [0.2, 0.25) is 0 Å². The molecular formula is C15H13NaO4. The van der Waals surface area contributed by atoms with Gasteiger partial charge in [-0.15, -0.1) is 0 Å². The third kappa shape index (κ3) is 4.44. The number of carbonyl (C=O) groups excluding carboxylic acids is 1. The third-order valence-electron chi connectivity index (χ3n) is 2.67. The Morgan fingerprint density at radius 3 is 1.70 bits per heavy atom. The Labute approximate surface area is 139 Å². The number of hydrogen-bond acceptors (Lipinski definition) is 4. The average Bonchev–Trinajstić information content (AvgIpc) is 2.46. The van der Waals surface area contributed by atoms with Crippen molar-refractivity contribution in [2.45, 2.75) is 12.4 Å². The number of aliphatic hydroxyl groups excluding tert-OH is 1. The van der Waals surface area contributed by atoms with Crippen LogP contribution in [0.1, 0.15) is 17.2 Å². The molecule has 0 fully saturated rings. The average molecular weight is 280 g/mol. The number of benzene rings is 2. The Hall–Kier alpha value is -1.17. The zero-order valence-corrected chi connectivity index (χ0v) is 13.1. The molecule has 0 saturated carbocycles. The van der Waals surface area contributed by atoms with E-state index in [4.69, 9.17) is 4.74 Å². The zero-order chi connectivity index (χ0) is 13.7. The minimum Gasteiger partial charge on any atom is -0.545 e. The van der Waals surface area contributed by atoms with Crippen LogP contribution in [-0.4, -0.2) is 17.4 Å². The first-order valence-electron chi connectivity index (χ1n) is 5.83. The molecule has 20 heavy (non-hydrogen) atoms. The van der Waals surface area contributed by atoms with E-state index >= 15 is 0 Å². The minimum absolute atomic E-state index is 0. The van der Waals surface area contributed by atoms with Crippen molar-refractivity contribution in [2.24, 2.45) is 0 Å². The van der Waals surface area contributed by atoms with E-state index in [-0.39, 0.29) is 29.6 Å². The summed E-state index contributed by atoms with van der Waals surface area (Å²) in [6.45, 7) is 0. The maximum absolute atomic E-state index is 10.6. The summed E-state index contributed by atoms with van der Waals surface area (Å²) in [5.74, 6) is -1.66. The molecule has 2 aromatic carbocycles. The number of rotatable bonds is 5. The quantitative estimate of drug-likeness (QED) is 0.501. The second-order valence-corrected chi connectivity index (χ2v) is 4.01. The van der Waals surface area contributed by atoms with Crippen molar-refractivity contribution < 1.29 is 49.3 Å². The van der Waals surface area contributed by atoms with Crippen LogP contribution < -0.4 is 34.7 Å². The van der Waals surface area contributed by atoms with Crippen LogP contribution in [0, 0.1) is 0 Å². The van der Waals surface area contributed by atoms with Crippen LogP contribution in [0.2, 0.25) is 0 Å². The molecule has 0 aliphatic carbocycles. The summed E-state index contributed by atoms with van der Waals surface area (Å²) in [5.41, 5.74) is 1.52. The second kappa shape index (κ2) is 8.19. The van der Waals surface area contributed by atoms with Gasteiger partial charge in [0.15, 0.2) is 6.29 Å². The number of carboxylic acids is 1. The van der Waals surface area contributed by atoms with E-state index in [9.17, 15) is 15.0 Å². The molecule has 0 spiro atoms. The topological polar surface area (TPSA) is 69.6 Å². The fourth-order valence-corrected chi connectivity index (χ4v) is 1.79. The van der Waals surface area contributed by atoms with Crippen LogP contribution in [0.25, 0.3) is 0 Å². The van der Waals surface area contributed by atoms with Gasteiger partial charge in [0.1, 0.15) is 6.10 Å². The molecule has 1 N–H and O–H groups in total. The molecular weight excluding hydrogens is 267 g/mol. The SMILES string of the molecule is O=C([O-])C(O)OC(c1ccccc1)c1ccccc1.[Na+]. The van der Waals surface area contributed by atoms with Crippen molar-refractivity contribution in [2.75, 3.05) is 0 Å². The Morgan fingerprint density at radius 2 is 1.35 bits per heavy atom. The zero-order valence-electron chi connectivity index (χ0n) is 11.1. The molecule has 0 aliphatic heterocycles. The first kappa shape index (κ1) is 16.9. The van der Waals surface area contributed by atoms with E-state index < -0.39 is 18.4 Å². The predicted molar refractivity (Wildman–Crippen MR) is 66.8 cm³/mol. The van der Waals surface area contributed by atoms with Gasteiger partial charge in [-0.1, -0.05) is 60.7 Å². The molecule has 0 aliphatic rings. The number of hydrogen-bond donors (Lipinski definition) is 1. The molecule has 5 heteroatoms. The van der Waals surface area contributed by atoms with Crippen molar-refractivity contribution in [3.05, 3.63) is 71.8 Å². The van der Waals surface area contributed by atoms with Crippen LogP contribution in [0.4, 0.5) is 0 Å². The van der Waals surface area contributed by atoms with Crippen molar-refractivity contribution in [1.82, 2.24) is 0 Å². The first-order valence-corrected chi connectivity index (χ1v) is 5.83. The van der Waals surface area contributed by atoms with E-state index in [1.807, 2.05) is 36.4 Å². The predicted octanol–water partition coefficient (Wildman–Crippen LogP) is -2.14. The molecule has 0 radical (unpaired) electrons. The number of aliphatic hydroxyl groups is 1. The number of ether oxygens (including phenoxy) is 1. The molecule has 0 heterocycles. The molecule has 0 saturated heterocycles. The summed E-state index contributed by atoms with van der Waals surface area (Å²) >= 11 is 0. The van der Waals surface area contributed by atoms with Gasteiger partial charge in [-0.3, -0.25) is 0 Å². The van der Waals surface area contributed by atoms with Gasteiger partial charge in [-0.05, 0) is 11.1 Å². The second-order valence-electron chi connectivity index (χ2n) is 4.01. The summed E-state index contributed by atoms with van der Waals surface area (Å²) in [7, 11) is 0. The normalized spacial score (nSPS) is 11.7. The van der Waals surface area contributed by atoms with Crippen LogP contribution in [0.5, 0.6) is 0 Å². The van der Waals surface area contributed by atoms with Gasteiger partial charge in [0.25, 0.3) is 0 Å². The number of carbonyl (C=O) groups is 1. The summed E-state index contributed by atoms with van der Waals surface area (Å²) in [6.07, 6.45) is -2.62. The molecule has 0 amide bonds. The van der Waals surface area contributed by atoms with Crippen LogP contribution in [-0.2, 0) is 9.53 Å². The molecule has 0 aromatic heterocycles. The largest absolute Gasteiger partial charge is 1.00 e. The van der Waals surface area contributed by atoms with E-state index in [1.54, 1.807) is 24.3 Å². The number of aliphatic carboxylic acids is 1. The van der Waals surface area contributed by atoms with Gasteiger partial charge in [-0.25, -0.2) is 0 Å². The van der Waals surface area contributed by atoms with Crippen LogP contribution in [0.15, 0.2) is 60.7 Å². The standard InChI is InChI=1S/C15H14O4.Na/c16-14(17)15(18)19-13(11-7-3-1-4-8-11)12-9-5-2-6-10-12;/h1-10,13,15,18H,(H,16,17);/q;+1/p-1. The molecule has 1 unspecified atom stereocenters. The Bertz CT molecular complexity index is 491. The van der Waals surface area contributed by atoms with E-state index in [0.29, 0.717) is 0 Å². The first-order chi connectivity index (χ1) is 9.18. The summed E-state index contributed by atoms with van der Waals surface area (Å²) in [5, 5.41) is 19.9. The molecule has 0 bridgehead atoms. The van der Waals surface area contributed by atoms with Crippen LogP contribution in [0.3, 0.4) is 0 Å². The molecule has 98 valence electrons. The van der Waals surface area contributed by atoms with Gasteiger partial charge < -0.3 is 19.7 Å². The Balaban J connectivity index is 0.00000200. The van der Waals surface area contributed by atoms with Gasteiger partial charge >= 0.3 is 29.6 Å².